The highest BCUT2D eigenvalue weighted by molar-refractivity contribution is 5.93. The second kappa shape index (κ2) is 10.8. The van der Waals surface area contributed by atoms with Gasteiger partial charge in [-0.15, -0.1) is 0 Å². The predicted molar refractivity (Wildman–Crippen MR) is 155 cm³/mol. The van der Waals surface area contributed by atoms with Gasteiger partial charge in [0.15, 0.2) is 0 Å². The Morgan fingerprint density at radius 2 is 2.02 bits per heavy atom. The van der Waals surface area contributed by atoms with Crippen LogP contribution < -0.4 is 14.5 Å². The van der Waals surface area contributed by atoms with Crippen LogP contribution in [0.1, 0.15) is 35.2 Å². The highest BCUT2D eigenvalue weighted by atomic mass is 16.5. The summed E-state index contributed by atoms with van der Waals surface area (Å²) in [6.07, 6.45) is 6.25. The zero-order chi connectivity index (χ0) is 27.8. The number of H-pyrrole nitrogens is 1. The largest absolute Gasteiger partial charge is 0.475 e. The Hall–Kier alpha value is -4.10. The number of nitrogens with zero attached hydrogens (tertiary/aromatic N) is 7. The van der Waals surface area contributed by atoms with Crippen molar-refractivity contribution >= 4 is 28.2 Å². The summed E-state index contributed by atoms with van der Waals surface area (Å²) in [4.78, 5) is 26.0. The van der Waals surface area contributed by atoms with Crippen LogP contribution >= 0.6 is 0 Å². The average Bonchev–Trinajstić information content (AvgIpc) is 3.63. The van der Waals surface area contributed by atoms with Gasteiger partial charge < -0.3 is 24.3 Å². The summed E-state index contributed by atoms with van der Waals surface area (Å²) in [6.45, 7) is 11.2. The smallest absolute Gasteiger partial charge is 0.246 e. The molecule has 2 saturated heterocycles. The van der Waals surface area contributed by atoms with Crippen molar-refractivity contribution in [2.75, 3.05) is 62.7 Å². The van der Waals surface area contributed by atoms with Gasteiger partial charge in [-0.05, 0) is 57.5 Å². The topological polar surface area (TPSA) is 105 Å². The Morgan fingerprint density at radius 3 is 2.75 bits per heavy atom. The van der Waals surface area contributed by atoms with E-state index in [9.17, 15) is 10.1 Å². The fourth-order valence-corrected chi connectivity index (χ4v) is 6.46. The van der Waals surface area contributed by atoms with Crippen molar-refractivity contribution in [2.45, 2.75) is 38.8 Å². The zero-order valence-corrected chi connectivity index (χ0v) is 23.3. The van der Waals surface area contributed by atoms with Crippen molar-refractivity contribution in [3.8, 4) is 11.9 Å². The number of aryl methyl sites for hydroxylation is 1. The summed E-state index contributed by atoms with van der Waals surface area (Å²) >= 11 is 0. The molecule has 3 aliphatic rings. The second-order valence-electron chi connectivity index (χ2n) is 11.0. The van der Waals surface area contributed by atoms with Crippen molar-refractivity contribution in [1.29, 1.82) is 5.26 Å². The Labute approximate surface area is 234 Å². The van der Waals surface area contributed by atoms with E-state index in [0.717, 1.165) is 65.9 Å². The maximum Gasteiger partial charge on any atom is 0.246 e. The van der Waals surface area contributed by atoms with Gasteiger partial charge in [0, 0.05) is 49.7 Å². The van der Waals surface area contributed by atoms with E-state index >= 15 is 0 Å². The minimum atomic E-state index is -0.0546. The first-order chi connectivity index (χ1) is 19.5. The molecule has 3 aromatic rings. The van der Waals surface area contributed by atoms with Crippen molar-refractivity contribution in [3.63, 3.8) is 0 Å². The number of hydrogen-bond donors (Lipinski definition) is 1. The Bertz CT molecular complexity index is 1480. The number of likely N-dealkylation sites (N-methyl/N-ethyl adjacent to an activating group) is 1. The average molecular weight is 541 g/mol. The van der Waals surface area contributed by atoms with Gasteiger partial charge in [-0.3, -0.25) is 9.89 Å². The molecule has 0 radical (unpaired) electrons. The molecule has 0 bridgehead atoms. The number of aromatic amines is 1. The number of nitriles is 1. The second-order valence-corrected chi connectivity index (χ2v) is 11.0. The minimum absolute atomic E-state index is 0.0546. The minimum Gasteiger partial charge on any atom is -0.475 e. The summed E-state index contributed by atoms with van der Waals surface area (Å²) < 4.78 is 6.37. The number of carbonyl (C=O) groups excluding carboxylic acids is 1. The van der Waals surface area contributed by atoms with Gasteiger partial charge >= 0.3 is 0 Å². The molecule has 1 unspecified atom stereocenters. The molecule has 208 valence electrons. The summed E-state index contributed by atoms with van der Waals surface area (Å²) in [5.41, 5.74) is 6.84. The summed E-state index contributed by atoms with van der Waals surface area (Å²) in [5, 5.41) is 18.9. The molecular formula is C30H36N8O2. The van der Waals surface area contributed by atoms with Crippen LogP contribution in [0.15, 0.2) is 31.0 Å². The van der Waals surface area contributed by atoms with Gasteiger partial charge in [0.1, 0.15) is 18.2 Å². The van der Waals surface area contributed by atoms with Gasteiger partial charge in [-0.25, -0.2) is 4.98 Å². The SMILES string of the molecule is C=CC(=O)N1CCN(c2c(C#N)c(OCC3CCCN3C)nc3c2CCN(c2c(C)ccc4[nH]ncc24)C3)CC1. The first kappa shape index (κ1) is 26.1. The molecule has 2 aromatic heterocycles. The number of hydrogen-bond acceptors (Lipinski definition) is 8. The number of amides is 1. The molecule has 0 saturated carbocycles. The van der Waals surface area contributed by atoms with E-state index in [4.69, 9.17) is 9.72 Å². The Kier molecular flexibility index (Phi) is 7.07. The lowest BCUT2D eigenvalue weighted by Crippen LogP contribution is -2.49. The summed E-state index contributed by atoms with van der Waals surface area (Å²) in [7, 11) is 2.12. The number of pyridine rings is 1. The van der Waals surface area contributed by atoms with E-state index in [-0.39, 0.29) is 5.91 Å². The number of likely N-dealkylation sites (tertiary alicyclic amines) is 1. The molecule has 0 spiro atoms. The Morgan fingerprint density at radius 1 is 1.20 bits per heavy atom. The maximum absolute atomic E-state index is 12.2. The van der Waals surface area contributed by atoms with E-state index in [2.05, 4.69) is 63.6 Å². The predicted octanol–water partition coefficient (Wildman–Crippen LogP) is 3.01. The molecule has 2 fully saturated rings. The lowest BCUT2D eigenvalue weighted by molar-refractivity contribution is -0.126. The van der Waals surface area contributed by atoms with Crippen LogP contribution in [0.5, 0.6) is 5.88 Å². The monoisotopic (exact) mass is 540 g/mol. The van der Waals surface area contributed by atoms with Gasteiger partial charge in [0.05, 0.1) is 35.3 Å². The number of benzene rings is 1. The van der Waals surface area contributed by atoms with Crippen molar-refractivity contribution in [3.05, 3.63) is 53.4 Å². The third-order valence-corrected chi connectivity index (χ3v) is 8.69. The van der Waals surface area contributed by atoms with Gasteiger partial charge in [0.25, 0.3) is 0 Å². The van der Waals surface area contributed by atoms with E-state index in [1.807, 2.05) is 11.1 Å². The highest BCUT2D eigenvalue weighted by Gasteiger charge is 2.32. The number of carbonyl (C=O) groups is 1. The molecule has 3 aliphatic heterocycles. The molecule has 1 amide bonds. The number of piperazine rings is 1. The summed E-state index contributed by atoms with van der Waals surface area (Å²) in [6, 6.07) is 6.96. The molecule has 1 aromatic carbocycles. The van der Waals surface area contributed by atoms with Gasteiger partial charge in [0.2, 0.25) is 11.8 Å². The van der Waals surface area contributed by atoms with Crippen molar-refractivity contribution in [1.82, 2.24) is 25.0 Å². The number of fused-ring (bicyclic) bond motifs is 2. The summed E-state index contributed by atoms with van der Waals surface area (Å²) in [5.74, 6) is 0.363. The molecule has 1 N–H and O–H groups in total. The molecule has 10 nitrogen and oxygen atoms in total. The first-order valence-electron chi connectivity index (χ1n) is 14.1. The number of nitrogens with one attached hydrogen (secondary N) is 1. The number of aromatic nitrogens is 3. The van der Waals surface area contributed by atoms with Crippen molar-refractivity contribution < 1.29 is 9.53 Å². The van der Waals surface area contributed by atoms with E-state index in [1.165, 1.54) is 11.6 Å². The lowest BCUT2D eigenvalue weighted by Gasteiger charge is -2.39. The highest BCUT2D eigenvalue weighted by Crippen LogP contribution is 2.39. The zero-order valence-electron chi connectivity index (χ0n) is 23.3. The molecule has 10 heteroatoms. The lowest BCUT2D eigenvalue weighted by atomic mass is 9.97. The number of anilines is 2. The van der Waals surface area contributed by atoms with Crippen LogP contribution in [0.25, 0.3) is 10.9 Å². The number of rotatable bonds is 6. The van der Waals surface area contributed by atoms with Crippen LogP contribution in [0.4, 0.5) is 11.4 Å². The number of ether oxygens (including phenoxy) is 1. The van der Waals surface area contributed by atoms with E-state index in [1.54, 1.807) is 0 Å². The third kappa shape index (κ3) is 4.64. The molecule has 1 atom stereocenters. The molecular weight excluding hydrogens is 504 g/mol. The van der Waals surface area contributed by atoms with Crippen LogP contribution in [0.2, 0.25) is 0 Å². The molecule has 40 heavy (non-hydrogen) atoms. The van der Waals surface area contributed by atoms with Crippen LogP contribution in [-0.2, 0) is 17.8 Å². The first-order valence-corrected chi connectivity index (χ1v) is 14.1. The fourth-order valence-electron chi connectivity index (χ4n) is 6.46. The van der Waals surface area contributed by atoms with E-state index < -0.39 is 0 Å². The third-order valence-electron chi connectivity index (χ3n) is 8.69. The van der Waals surface area contributed by atoms with E-state index in [0.29, 0.717) is 56.8 Å². The molecule has 6 rings (SSSR count). The van der Waals surface area contributed by atoms with Crippen LogP contribution in [0, 0.1) is 18.3 Å². The van der Waals surface area contributed by atoms with Crippen molar-refractivity contribution in [2.24, 2.45) is 0 Å². The van der Waals surface area contributed by atoms with Gasteiger partial charge in [-0.2, -0.15) is 10.4 Å². The quantitative estimate of drug-likeness (QED) is 0.476. The normalized spacial score (nSPS) is 19.5. The molecule has 5 heterocycles. The van der Waals surface area contributed by atoms with Gasteiger partial charge in [-0.1, -0.05) is 12.6 Å². The fraction of sp³-hybridized carbons (Fsp3) is 0.467. The standard InChI is InChI=1S/C30H36N8O2/c1-4-27(39)36-12-14-37(15-13-36)29-22-9-11-38(28-20(2)7-8-25-24(28)17-32-34-25)18-26(22)33-30(23(29)16-31)40-19-21-6-5-10-35(21)3/h4,7-8,17,21H,1,5-6,9-15,18-19H2,2-3H3,(H,32,34). The van der Waals surface area contributed by atoms with Crippen LogP contribution in [0.3, 0.4) is 0 Å². The van der Waals surface area contributed by atoms with Crippen LogP contribution in [-0.4, -0.2) is 89.9 Å². The maximum atomic E-state index is 12.2. The molecule has 0 aliphatic carbocycles. The Balaban J connectivity index is 1.37.